The molecule has 0 radical (unpaired) electrons. The lowest BCUT2D eigenvalue weighted by atomic mass is 10.2. The topological polar surface area (TPSA) is 118 Å². The van der Waals surface area contributed by atoms with Crippen LogP contribution in [0.3, 0.4) is 0 Å². The molecule has 0 aliphatic rings. The van der Waals surface area contributed by atoms with Gasteiger partial charge in [0.2, 0.25) is 11.8 Å². The van der Waals surface area contributed by atoms with E-state index in [2.05, 4.69) is 20.6 Å². The van der Waals surface area contributed by atoms with Crippen LogP contribution in [0.15, 0.2) is 64.9 Å². The first kappa shape index (κ1) is 22.8. The Kier molecular flexibility index (Phi) is 6.63. The molecule has 0 aliphatic heterocycles. The van der Waals surface area contributed by atoms with Crippen LogP contribution >= 0.6 is 22.7 Å². The molecule has 0 fully saturated rings. The first-order valence-corrected chi connectivity index (χ1v) is 13.2. The van der Waals surface area contributed by atoms with Crippen molar-refractivity contribution < 1.29 is 18.0 Å². The van der Waals surface area contributed by atoms with Gasteiger partial charge < -0.3 is 5.32 Å². The van der Waals surface area contributed by atoms with Crippen molar-refractivity contribution in [1.29, 1.82) is 0 Å². The van der Waals surface area contributed by atoms with Gasteiger partial charge >= 0.3 is 0 Å². The van der Waals surface area contributed by atoms with E-state index < -0.39 is 9.84 Å². The van der Waals surface area contributed by atoms with E-state index in [1.165, 1.54) is 34.8 Å². The standard InChI is InChI=1S/C22H18N4O4S3/c1-33(29,30)16-8-9-17-18(12-16)32-22(24-17)26-20(28)11-15-13-31-21(23-15)25-19(27)10-7-14-5-3-2-4-6-14/h2-10,12-13H,11H2,1H3,(H,23,25,27)(H,24,26,28)/b10-7+. The zero-order chi connectivity index (χ0) is 23.4. The van der Waals surface area contributed by atoms with E-state index in [0.29, 0.717) is 26.2 Å². The van der Waals surface area contributed by atoms with Crippen LogP contribution in [0.1, 0.15) is 11.3 Å². The number of thiazole rings is 2. The number of anilines is 2. The van der Waals surface area contributed by atoms with Crippen LogP contribution < -0.4 is 10.6 Å². The maximum atomic E-state index is 12.4. The Morgan fingerprint density at radius 2 is 1.82 bits per heavy atom. The number of aromatic nitrogens is 2. The molecule has 2 aromatic heterocycles. The van der Waals surface area contributed by atoms with Crippen LogP contribution in [-0.2, 0) is 25.8 Å². The minimum Gasteiger partial charge on any atom is -0.302 e. The molecular formula is C22H18N4O4S3. The zero-order valence-corrected chi connectivity index (χ0v) is 19.8. The molecule has 33 heavy (non-hydrogen) atoms. The van der Waals surface area contributed by atoms with Gasteiger partial charge in [0.25, 0.3) is 0 Å². The molecule has 0 aliphatic carbocycles. The second kappa shape index (κ2) is 9.61. The van der Waals surface area contributed by atoms with E-state index >= 15 is 0 Å². The van der Waals surface area contributed by atoms with Gasteiger partial charge in [-0.05, 0) is 29.8 Å². The van der Waals surface area contributed by atoms with Crippen LogP contribution in [0, 0.1) is 0 Å². The molecule has 2 heterocycles. The first-order valence-electron chi connectivity index (χ1n) is 9.65. The second-order valence-electron chi connectivity index (χ2n) is 7.02. The Bertz CT molecular complexity index is 1460. The fourth-order valence-electron chi connectivity index (χ4n) is 2.85. The lowest BCUT2D eigenvalue weighted by Gasteiger charge is -1.99. The molecule has 2 N–H and O–H groups in total. The van der Waals surface area contributed by atoms with Crippen molar-refractivity contribution in [2.45, 2.75) is 11.3 Å². The summed E-state index contributed by atoms with van der Waals surface area (Å²) in [5.74, 6) is -0.628. The Hall–Kier alpha value is -3.41. The molecule has 0 unspecified atom stereocenters. The van der Waals surface area contributed by atoms with E-state index in [0.717, 1.165) is 11.8 Å². The predicted molar refractivity (Wildman–Crippen MR) is 131 cm³/mol. The van der Waals surface area contributed by atoms with E-state index in [4.69, 9.17) is 0 Å². The maximum Gasteiger partial charge on any atom is 0.250 e. The molecule has 2 aromatic carbocycles. The smallest absolute Gasteiger partial charge is 0.250 e. The number of sulfone groups is 1. The molecule has 0 spiro atoms. The quantitative estimate of drug-likeness (QED) is 0.372. The highest BCUT2D eigenvalue weighted by molar-refractivity contribution is 7.90. The lowest BCUT2D eigenvalue weighted by Crippen LogP contribution is -2.14. The first-order chi connectivity index (χ1) is 15.8. The summed E-state index contributed by atoms with van der Waals surface area (Å²) < 4.78 is 24.1. The van der Waals surface area contributed by atoms with Crippen LogP contribution in [0.25, 0.3) is 16.3 Å². The fourth-order valence-corrected chi connectivity index (χ4v) is 5.20. The van der Waals surface area contributed by atoms with Crippen molar-refractivity contribution in [1.82, 2.24) is 9.97 Å². The summed E-state index contributed by atoms with van der Waals surface area (Å²) in [6.07, 6.45) is 4.28. The van der Waals surface area contributed by atoms with Gasteiger partial charge in [0.15, 0.2) is 20.1 Å². The monoisotopic (exact) mass is 498 g/mol. The van der Waals surface area contributed by atoms with Crippen molar-refractivity contribution in [3.05, 3.63) is 71.2 Å². The van der Waals surface area contributed by atoms with Gasteiger partial charge in [-0.1, -0.05) is 41.7 Å². The predicted octanol–water partition coefficient (Wildman–Crippen LogP) is 3.99. The Labute approximate surface area is 197 Å². The number of hydrogen-bond donors (Lipinski definition) is 2. The van der Waals surface area contributed by atoms with Gasteiger partial charge in [0, 0.05) is 17.7 Å². The highest BCUT2D eigenvalue weighted by Crippen LogP contribution is 2.28. The van der Waals surface area contributed by atoms with Crippen molar-refractivity contribution in [2.75, 3.05) is 16.9 Å². The molecule has 0 atom stereocenters. The van der Waals surface area contributed by atoms with Gasteiger partial charge in [-0.2, -0.15) is 0 Å². The molecule has 11 heteroatoms. The summed E-state index contributed by atoms with van der Waals surface area (Å²) >= 11 is 2.42. The van der Waals surface area contributed by atoms with Gasteiger partial charge in [-0.25, -0.2) is 18.4 Å². The summed E-state index contributed by atoms with van der Waals surface area (Å²) in [4.78, 5) is 33.3. The van der Waals surface area contributed by atoms with Crippen LogP contribution in [0.5, 0.6) is 0 Å². The average molecular weight is 499 g/mol. The van der Waals surface area contributed by atoms with Gasteiger partial charge in [0.1, 0.15) is 0 Å². The number of nitrogens with zero attached hydrogens (tertiary/aromatic N) is 2. The fraction of sp³-hybridized carbons (Fsp3) is 0.0909. The minimum absolute atomic E-state index is 0.0107. The average Bonchev–Trinajstić information content (AvgIpc) is 3.37. The number of rotatable bonds is 7. The molecular weight excluding hydrogens is 480 g/mol. The molecule has 2 amide bonds. The summed E-state index contributed by atoms with van der Waals surface area (Å²) in [5.41, 5.74) is 2.02. The molecule has 4 rings (SSSR count). The van der Waals surface area contributed by atoms with E-state index in [1.807, 2.05) is 30.3 Å². The van der Waals surface area contributed by atoms with E-state index in [9.17, 15) is 18.0 Å². The number of amides is 2. The van der Waals surface area contributed by atoms with Crippen LogP contribution in [-0.4, -0.2) is 36.5 Å². The number of benzene rings is 2. The molecule has 4 aromatic rings. The molecule has 0 bridgehead atoms. The molecule has 0 saturated heterocycles. The van der Waals surface area contributed by atoms with E-state index in [1.54, 1.807) is 23.6 Å². The number of fused-ring (bicyclic) bond motifs is 1. The minimum atomic E-state index is -3.32. The number of nitrogens with one attached hydrogen (secondary N) is 2. The van der Waals surface area contributed by atoms with Crippen molar-refractivity contribution in [3.8, 4) is 0 Å². The Morgan fingerprint density at radius 3 is 2.58 bits per heavy atom. The number of carbonyl (C=O) groups is 2. The Balaban J connectivity index is 1.35. The number of hydrogen-bond acceptors (Lipinski definition) is 8. The van der Waals surface area contributed by atoms with Gasteiger partial charge in [0.05, 0.1) is 27.2 Å². The third-order valence-electron chi connectivity index (χ3n) is 4.38. The normalized spacial score (nSPS) is 11.7. The van der Waals surface area contributed by atoms with Crippen molar-refractivity contribution in [2.24, 2.45) is 0 Å². The highest BCUT2D eigenvalue weighted by Gasteiger charge is 2.14. The molecule has 8 nitrogen and oxygen atoms in total. The van der Waals surface area contributed by atoms with Gasteiger partial charge in [-0.15, -0.1) is 11.3 Å². The van der Waals surface area contributed by atoms with Crippen LogP contribution in [0.2, 0.25) is 0 Å². The molecule has 168 valence electrons. The Morgan fingerprint density at radius 1 is 1.03 bits per heavy atom. The SMILES string of the molecule is CS(=O)(=O)c1ccc2nc(NC(=O)Cc3csc(NC(=O)/C=C/c4ccccc4)n3)sc2c1. The molecule has 0 saturated carbocycles. The highest BCUT2D eigenvalue weighted by atomic mass is 32.2. The van der Waals surface area contributed by atoms with Crippen molar-refractivity contribution >= 4 is 70.9 Å². The van der Waals surface area contributed by atoms with Crippen molar-refractivity contribution in [3.63, 3.8) is 0 Å². The summed E-state index contributed by atoms with van der Waals surface area (Å²) in [6.45, 7) is 0. The second-order valence-corrected chi connectivity index (χ2v) is 10.9. The number of carbonyl (C=O) groups excluding carboxylic acids is 2. The van der Waals surface area contributed by atoms with Gasteiger partial charge in [-0.3, -0.25) is 14.9 Å². The van der Waals surface area contributed by atoms with Crippen LogP contribution in [0.4, 0.5) is 10.3 Å². The largest absolute Gasteiger partial charge is 0.302 e. The lowest BCUT2D eigenvalue weighted by molar-refractivity contribution is -0.115. The third kappa shape index (κ3) is 6.09. The summed E-state index contributed by atoms with van der Waals surface area (Å²) in [5, 5.41) is 7.86. The summed E-state index contributed by atoms with van der Waals surface area (Å²) in [7, 11) is -3.32. The zero-order valence-electron chi connectivity index (χ0n) is 17.3. The third-order valence-corrected chi connectivity index (χ3v) is 7.24. The maximum absolute atomic E-state index is 12.4. The summed E-state index contributed by atoms with van der Waals surface area (Å²) in [6, 6.07) is 14.1. The van der Waals surface area contributed by atoms with E-state index in [-0.39, 0.29) is 23.1 Å².